The fraction of sp³-hybridized carbons (Fsp3) is 0.650. The maximum absolute atomic E-state index is 13.5. The molecule has 0 saturated carbocycles. The zero-order valence-electron chi connectivity index (χ0n) is 17.7. The maximum Gasteiger partial charge on any atom is 0.495 e. The van der Waals surface area contributed by atoms with Crippen molar-refractivity contribution in [2.75, 3.05) is 7.11 Å². The van der Waals surface area contributed by atoms with Crippen molar-refractivity contribution in [2.45, 2.75) is 71.0 Å². The van der Waals surface area contributed by atoms with Crippen LogP contribution in [0.2, 0.25) is 0 Å². The molecule has 6 nitrogen and oxygen atoms in total. The second-order valence-corrected chi connectivity index (χ2v) is 8.22. The summed E-state index contributed by atoms with van der Waals surface area (Å²) in [6.45, 7) is 2.62. The van der Waals surface area contributed by atoms with E-state index in [9.17, 15) is 26.1 Å². The van der Waals surface area contributed by atoms with Crippen molar-refractivity contribution in [3.63, 3.8) is 0 Å². The van der Waals surface area contributed by atoms with Gasteiger partial charge in [-0.2, -0.15) is 13.2 Å². The second kappa shape index (κ2) is 12.3. The largest absolute Gasteiger partial charge is 0.726 e. The number of alkyl halides is 3. The Kier molecular flexibility index (Phi) is 10.8. The average Bonchev–Trinajstić information content (AvgIpc) is 2.96. The highest BCUT2D eigenvalue weighted by Crippen LogP contribution is 2.30. The third-order valence-corrected chi connectivity index (χ3v) is 5.21. The molecule has 0 radical (unpaired) electrons. The van der Waals surface area contributed by atoms with Gasteiger partial charge in [0.05, 0.1) is 20.7 Å². The standard InChI is InChI=1S/C19H28F3N2.CH4O4S/c1-3-4-5-6-7-8-9-12-15-24-17-14-11-10-13-16(17)23(2)18(24)19(20,21)22;1-5-6(2,3)4/h10-11,13-14H,3-9,12,15H2,1-2H3;1H3,(H,2,3,4)/q+1;/p-1. The van der Waals surface area contributed by atoms with Gasteiger partial charge in [-0.25, -0.2) is 17.6 Å². The Hall–Kier alpha value is -1.65. The second-order valence-electron chi connectivity index (χ2n) is 7.07. The molecule has 0 atom stereocenters. The Labute approximate surface area is 176 Å². The Balaban J connectivity index is 0.000000656. The van der Waals surface area contributed by atoms with E-state index in [2.05, 4.69) is 11.1 Å². The highest BCUT2D eigenvalue weighted by molar-refractivity contribution is 7.80. The molecular formula is C20H31F3N2O4S. The molecule has 0 spiro atoms. The third-order valence-electron chi connectivity index (χ3n) is 4.80. The summed E-state index contributed by atoms with van der Waals surface area (Å²) in [5.41, 5.74) is 1.29. The molecule has 0 aliphatic heterocycles. The lowest BCUT2D eigenvalue weighted by Gasteiger charge is -2.06. The van der Waals surface area contributed by atoms with Crippen LogP contribution in [0.1, 0.15) is 64.1 Å². The van der Waals surface area contributed by atoms with E-state index in [0.29, 0.717) is 17.6 Å². The molecule has 1 aromatic carbocycles. The summed E-state index contributed by atoms with van der Waals surface area (Å²) in [7, 11) is -2.11. The SMILES string of the molecule is CCCCCCCCCCn1c(C(F)(F)F)[n+](C)c2ccccc21.COS(=O)(=O)[O-]. The van der Waals surface area contributed by atoms with Gasteiger partial charge in [0.1, 0.15) is 0 Å². The summed E-state index contributed by atoms with van der Waals surface area (Å²) in [5, 5.41) is 0. The number of hydrogen-bond donors (Lipinski definition) is 0. The molecule has 2 aromatic rings. The number of aryl methyl sites for hydroxylation is 2. The number of para-hydroxylation sites is 2. The minimum absolute atomic E-state index is 0.422. The van der Waals surface area contributed by atoms with E-state index in [1.807, 2.05) is 0 Å². The molecule has 172 valence electrons. The highest BCUT2D eigenvalue weighted by Gasteiger charge is 2.45. The number of rotatable bonds is 10. The van der Waals surface area contributed by atoms with E-state index < -0.39 is 22.4 Å². The molecule has 1 aromatic heterocycles. The number of halogens is 3. The van der Waals surface area contributed by atoms with E-state index in [1.165, 1.54) is 48.3 Å². The van der Waals surface area contributed by atoms with Gasteiger partial charge >= 0.3 is 12.0 Å². The van der Waals surface area contributed by atoms with Crippen molar-refractivity contribution >= 4 is 21.4 Å². The van der Waals surface area contributed by atoms with E-state index in [4.69, 9.17) is 0 Å². The molecule has 0 unspecified atom stereocenters. The normalized spacial score (nSPS) is 12.1. The molecule has 0 amide bonds. The van der Waals surface area contributed by atoms with Gasteiger partial charge in [0.2, 0.25) is 10.4 Å². The molecule has 0 fully saturated rings. The number of unbranched alkanes of at least 4 members (excludes halogenated alkanes) is 7. The van der Waals surface area contributed by atoms with Crippen LogP contribution in [0.4, 0.5) is 13.2 Å². The van der Waals surface area contributed by atoms with E-state index in [-0.39, 0.29) is 0 Å². The van der Waals surface area contributed by atoms with E-state index in [0.717, 1.165) is 26.4 Å². The van der Waals surface area contributed by atoms with Gasteiger partial charge in [-0.1, -0.05) is 57.6 Å². The molecule has 0 aliphatic rings. The molecule has 0 saturated heterocycles. The minimum atomic E-state index is -4.41. The maximum atomic E-state index is 13.5. The van der Waals surface area contributed by atoms with Crippen LogP contribution >= 0.6 is 0 Å². The smallest absolute Gasteiger partial charge is 0.495 e. The summed E-state index contributed by atoms with van der Waals surface area (Å²) < 4.78 is 74.1. The molecule has 0 N–H and O–H groups in total. The zero-order chi connectivity index (χ0) is 22.8. The van der Waals surface area contributed by atoms with Crippen LogP contribution in [-0.2, 0) is 34.4 Å². The molecule has 0 aliphatic carbocycles. The lowest BCUT2D eigenvalue weighted by Crippen LogP contribution is -2.38. The Morgan fingerprint density at radius 1 is 1.03 bits per heavy atom. The van der Waals surface area contributed by atoms with Crippen LogP contribution < -0.4 is 4.57 Å². The molecule has 30 heavy (non-hydrogen) atoms. The van der Waals surface area contributed by atoms with Crippen molar-refractivity contribution in [1.29, 1.82) is 0 Å². The Morgan fingerprint density at radius 2 is 1.53 bits per heavy atom. The molecule has 1 heterocycles. The first kappa shape index (κ1) is 26.4. The molecular weight excluding hydrogens is 421 g/mol. The number of aromatic nitrogens is 2. The Bertz CT molecular complexity index is 880. The monoisotopic (exact) mass is 452 g/mol. The van der Waals surface area contributed by atoms with Crippen LogP contribution in [0, 0.1) is 0 Å². The van der Waals surface area contributed by atoms with Crippen molar-refractivity contribution in [2.24, 2.45) is 7.05 Å². The van der Waals surface area contributed by atoms with Crippen molar-refractivity contribution in [3.05, 3.63) is 30.1 Å². The van der Waals surface area contributed by atoms with Crippen LogP contribution in [0.5, 0.6) is 0 Å². The number of nitrogens with zero attached hydrogens (tertiary/aromatic N) is 2. The zero-order valence-corrected chi connectivity index (χ0v) is 18.6. The van der Waals surface area contributed by atoms with Crippen molar-refractivity contribution in [1.82, 2.24) is 4.57 Å². The predicted molar refractivity (Wildman–Crippen MR) is 107 cm³/mol. The van der Waals surface area contributed by atoms with Gasteiger partial charge in [0, 0.05) is 0 Å². The first-order chi connectivity index (χ1) is 14.0. The van der Waals surface area contributed by atoms with Gasteiger partial charge in [-0.05, 0) is 25.0 Å². The summed E-state index contributed by atoms with van der Waals surface area (Å²) in [6.07, 6.45) is 4.75. The number of imidazole rings is 1. The number of hydrogen-bond acceptors (Lipinski definition) is 4. The van der Waals surface area contributed by atoms with E-state index >= 15 is 0 Å². The third kappa shape index (κ3) is 8.61. The van der Waals surface area contributed by atoms with Gasteiger partial charge < -0.3 is 4.55 Å². The number of fused-ring (bicyclic) bond motifs is 1. The van der Waals surface area contributed by atoms with Crippen LogP contribution in [0.15, 0.2) is 24.3 Å². The molecule has 2 rings (SSSR count). The number of benzene rings is 1. The van der Waals surface area contributed by atoms with Gasteiger partial charge in [-0.15, -0.1) is 0 Å². The predicted octanol–water partition coefficient (Wildman–Crippen LogP) is 4.72. The van der Waals surface area contributed by atoms with Gasteiger partial charge in [-0.3, -0.25) is 4.18 Å². The first-order valence-corrected chi connectivity index (χ1v) is 11.4. The van der Waals surface area contributed by atoms with Crippen LogP contribution in [0.25, 0.3) is 11.0 Å². The molecule has 10 heteroatoms. The van der Waals surface area contributed by atoms with Crippen LogP contribution in [-0.4, -0.2) is 24.6 Å². The van der Waals surface area contributed by atoms with Crippen molar-refractivity contribution in [3.8, 4) is 0 Å². The summed E-state index contributed by atoms with van der Waals surface area (Å²) in [5.74, 6) is -0.563. The topological polar surface area (TPSA) is 75.2 Å². The summed E-state index contributed by atoms with van der Waals surface area (Å²) in [6, 6.07) is 7.10. The lowest BCUT2D eigenvalue weighted by atomic mass is 10.1. The minimum Gasteiger partial charge on any atom is -0.726 e. The van der Waals surface area contributed by atoms with Crippen molar-refractivity contribution < 1.29 is 34.9 Å². The highest BCUT2D eigenvalue weighted by atomic mass is 32.3. The Morgan fingerprint density at radius 3 is 2.03 bits per heavy atom. The quantitative estimate of drug-likeness (QED) is 0.226. The fourth-order valence-electron chi connectivity index (χ4n) is 3.36. The first-order valence-electron chi connectivity index (χ1n) is 10.1. The average molecular weight is 453 g/mol. The van der Waals surface area contributed by atoms with Gasteiger partial charge in [0.25, 0.3) is 0 Å². The summed E-state index contributed by atoms with van der Waals surface area (Å²) in [4.78, 5) is 0. The van der Waals surface area contributed by atoms with Crippen LogP contribution in [0.3, 0.4) is 0 Å². The fourth-order valence-corrected chi connectivity index (χ4v) is 3.36. The van der Waals surface area contributed by atoms with Gasteiger partial charge in [0.15, 0.2) is 11.0 Å². The summed E-state index contributed by atoms with van der Waals surface area (Å²) >= 11 is 0. The molecule has 0 bridgehead atoms. The van der Waals surface area contributed by atoms with E-state index in [1.54, 1.807) is 24.3 Å². The lowest BCUT2D eigenvalue weighted by molar-refractivity contribution is -0.667.